The lowest BCUT2D eigenvalue weighted by Gasteiger charge is -2.58. The molecule has 3 saturated carbocycles. The molecule has 0 aromatic rings. The third kappa shape index (κ3) is 1.59. The van der Waals surface area contributed by atoms with Gasteiger partial charge in [-0.25, -0.2) is 0 Å². The fourth-order valence-corrected chi connectivity index (χ4v) is 8.36. The Labute approximate surface area is 155 Å². The van der Waals surface area contributed by atoms with Crippen LogP contribution in [0.25, 0.3) is 0 Å². The average molecular weight is 352 g/mol. The molecule has 8 atom stereocenters. The maximum absolute atomic E-state index is 12.1. The van der Waals surface area contributed by atoms with Gasteiger partial charge in [0.15, 0.2) is 5.78 Å². The SMILES string of the molecule is C[C@]12CCC(=O)C=C1C=CC1C2CC[C@@]2(C)C1[C@@H]1CC1[C@@]21CCC(=O)O1. The van der Waals surface area contributed by atoms with Gasteiger partial charge in [-0.15, -0.1) is 0 Å². The molecule has 138 valence electrons. The second kappa shape index (κ2) is 4.54. The first kappa shape index (κ1) is 15.7. The van der Waals surface area contributed by atoms with Gasteiger partial charge in [0.25, 0.3) is 0 Å². The quantitative estimate of drug-likeness (QED) is 0.613. The number of carbonyl (C=O) groups is 2. The normalized spacial score (nSPS) is 56.4. The van der Waals surface area contributed by atoms with E-state index < -0.39 is 0 Å². The Morgan fingerprint density at radius 1 is 1.08 bits per heavy atom. The van der Waals surface area contributed by atoms with Crippen LogP contribution >= 0.6 is 0 Å². The molecule has 1 heterocycles. The number of rotatable bonds is 0. The number of hydrogen-bond donors (Lipinski definition) is 0. The zero-order chi connectivity index (χ0) is 17.9. The summed E-state index contributed by atoms with van der Waals surface area (Å²) in [4.78, 5) is 24.0. The van der Waals surface area contributed by atoms with Crippen LogP contribution in [0.1, 0.15) is 58.8 Å². The van der Waals surface area contributed by atoms with Crippen molar-refractivity contribution in [1.29, 1.82) is 0 Å². The number of ether oxygens (including phenoxy) is 1. The number of carbonyl (C=O) groups excluding carboxylic acids is 2. The van der Waals surface area contributed by atoms with Crippen LogP contribution in [0.5, 0.6) is 0 Å². The van der Waals surface area contributed by atoms with Crippen LogP contribution in [-0.2, 0) is 14.3 Å². The number of allylic oxidation sites excluding steroid dienone is 4. The highest BCUT2D eigenvalue weighted by Crippen LogP contribution is 2.78. The number of fused-ring (bicyclic) bond motifs is 9. The van der Waals surface area contributed by atoms with E-state index in [9.17, 15) is 9.59 Å². The first-order valence-electron chi connectivity index (χ1n) is 10.5. The van der Waals surface area contributed by atoms with E-state index in [1.165, 1.54) is 24.8 Å². The topological polar surface area (TPSA) is 43.4 Å². The predicted octanol–water partition coefficient (Wildman–Crippen LogP) is 4.23. The van der Waals surface area contributed by atoms with Crippen molar-refractivity contribution in [2.75, 3.05) is 0 Å². The molecular weight excluding hydrogens is 324 g/mol. The van der Waals surface area contributed by atoms with Gasteiger partial charge in [-0.3, -0.25) is 9.59 Å². The molecule has 4 fully saturated rings. The van der Waals surface area contributed by atoms with Crippen LogP contribution in [0, 0.1) is 40.4 Å². The Hall–Kier alpha value is -1.38. The molecule has 3 nitrogen and oxygen atoms in total. The van der Waals surface area contributed by atoms with Crippen LogP contribution in [0.2, 0.25) is 0 Å². The first-order valence-corrected chi connectivity index (χ1v) is 10.5. The highest BCUT2D eigenvalue weighted by atomic mass is 16.6. The van der Waals surface area contributed by atoms with E-state index in [1.54, 1.807) is 0 Å². The Kier molecular flexibility index (Phi) is 2.73. The summed E-state index contributed by atoms with van der Waals surface area (Å²) in [5.41, 5.74) is 1.39. The molecular formula is C23H28O3. The summed E-state index contributed by atoms with van der Waals surface area (Å²) in [5, 5.41) is 0. The van der Waals surface area contributed by atoms with Crippen molar-refractivity contribution in [2.24, 2.45) is 40.4 Å². The molecule has 0 N–H and O–H groups in total. The molecule has 3 heteroatoms. The van der Waals surface area contributed by atoms with E-state index in [-0.39, 0.29) is 22.4 Å². The average Bonchev–Trinajstić information content (AvgIpc) is 3.24. The summed E-state index contributed by atoms with van der Waals surface area (Å²) in [6.07, 6.45) is 13.5. The Balaban J connectivity index is 1.44. The van der Waals surface area contributed by atoms with Crippen LogP contribution in [0.3, 0.4) is 0 Å². The van der Waals surface area contributed by atoms with Crippen molar-refractivity contribution in [3.8, 4) is 0 Å². The number of hydrogen-bond acceptors (Lipinski definition) is 3. The van der Waals surface area contributed by atoms with Crippen LogP contribution < -0.4 is 0 Å². The van der Waals surface area contributed by atoms with Crippen LogP contribution in [-0.4, -0.2) is 17.4 Å². The van der Waals surface area contributed by atoms with Gasteiger partial charge in [0.05, 0.1) is 0 Å². The van der Waals surface area contributed by atoms with E-state index in [1.807, 2.05) is 6.08 Å². The Morgan fingerprint density at radius 2 is 1.92 bits per heavy atom. The van der Waals surface area contributed by atoms with Crippen molar-refractivity contribution < 1.29 is 14.3 Å². The molecule has 0 bridgehead atoms. The Morgan fingerprint density at radius 3 is 2.69 bits per heavy atom. The van der Waals surface area contributed by atoms with Crippen molar-refractivity contribution in [3.05, 3.63) is 23.8 Å². The minimum absolute atomic E-state index is 0.0295. The summed E-state index contributed by atoms with van der Waals surface area (Å²) < 4.78 is 6.14. The predicted molar refractivity (Wildman–Crippen MR) is 97.0 cm³/mol. The summed E-state index contributed by atoms with van der Waals surface area (Å²) in [5.74, 6) is 3.53. The number of ketones is 1. The molecule has 1 saturated heterocycles. The highest BCUT2D eigenvalue weighted by molar-refractivity contribution is 5.92. The summed E-state index contributed by atoms with van der Waals surface area (Å²) in [7, 11) is 0. The molecule has 1 spiro atoms. The van der Waals surface area contributed by atoms with E-state index in [0.717, 1.165) is 18.8 Å². The molecule has 6 aliphatic rings. The largest absolute Gasteiger partial charge is 0.458 e. The van der Waals surface area contributed by atoms with E-state index in [2.05, 4.69) is 26.0 Å². The molecule has 26 heavy (non-hydrogen) atoms. The fourth-order valence-electron chi connectivity index (χ4n) is 8.36. The minimum Gasteiger partial charge on any atom is -0.458 e. The summed E-state index contributed by atoms with van der Waals surface area (Å²) in [6.45, 7) is 4.84. The van der Waals surface area contributed by atoms with Gasteiger partial charge in [0.1, 0.15) is 5.60 Å². The monoisotopic (exact) mass is 352 g/mol. The van der Waals surface area contributed by atoms with Gasteiger partial charge in [0.2, 0.25) is 0 Å². The molecule has 0 aromatic carbocycles. The second-order valence-electron chi connectivity index (χ2n) is 10.4. The van der Waals surface area contributed by atoms with E-state index in [0.29, 0.717) is 42.3 Å². The third-order valence-electron chi connectivity index (χ3n) is 9.64. The van der Waals surface area contributed by atoms with Crippen molar-refractivity contribution in [2.45, 2.75) is 64.4 Å². The van der Waals surface area contributed by atoms with Gasteiger partial charge in [0, 0.05) is 24.2 Å². The summed E-state index contributed by atoms with van der Waals surface area (Å²) >= 11 is 0. The molecule has 0 aromatic heterocycles. The van der Waals surface area contributed by atoms with Crippen molar-refractivity contribution in [1.82, 2.24) is 0 Å². The van der Waals surface area contributed by atoms with Crippen molar-refractivity contribution in [3.63, 3.8) is 0 Å². The lowest BCUT2D eigenvalue weighted by molar-refractivity contribution is -0.172. The Bertz CT molecular complexity index is 793. The molecule has 6 rings (SSSR count). The lowest BCUT2D eigenvalue weighted by Crippen LogP contribution is -2.56. The molecule has 5 aliphatic carbocycles. The smallest absolute Gasteiger partial charge is 0.306 e. The van der Waals surface area contributed by atoms with Gasteiger partial charge >= 0.3 is 5.97 Å². The molecule has 0 radical (unpaired) electrons. The highest BCUT2D eigenvalue weighted by Gasteiger charge is 2.78. The maximum atomic E-state index is 12.1. The zero-order valence-electron chi connectivity index (χ0n) is 15.8. The zero-order valence-corrected chi connectivity index (χ0v) is 15.8. The second-order valence-corrected chi connectivity index (χ2v) is 10.4. The van der Waals surface area contributed by atoms with Gasteiger partial charge in [-0.2, -0.15) is 0 Å². The van der Waals surface area contributed by atoms with Crippen LogP contribution in [0.4, 0.5) is 0 Å². The van der Waals surface area contributed by atoms with Crippen molar-refractivity contribution >= 4 is 11.8 Å². The van der Waals surface area contributed by atoms with Gasteiger partial charge in [-0.1, -0.05) is 26.0 Å². The first-order chi connectivity index (χ1) is 12.4. The van der Waals surface area contributed by atoms with Gasteiger partial charge in [-0.05, 0) is 72.8 Å². The van der Waals surface area contributed by atoms with Crippen LogP contribution in [0.15, 0.2) is 23.8 Å². The minimum atomic E-state index is -0.169. The standard InChI is InChI=1S/C23H28O3/c1-21-8-5-14(24)11-13(21)3-4-15-17(21)6-9-22(2)20(15)16-12-18(16)23(22)10-7-19(25)26-23/h3-4,11,15-18,20H,5-10,12H2,1-2H3/t15?,16-,17?,18?,20?,21+,22+,23+/m1/s1. The number of esters is 1. The molecule has 0 amide bonds. The summed E-state index contributed by atoms with van der Waals surface area (Å²) in [6, 6.07) is 0. The fraction of sp³-hybridized carbons (Fsp3) is 0.739. The van der Waals surface area contributed by atoms with E-state index >= 15 is 0 Å². The maximum Gasteiger partial charge on any atom is 0.306 e. The van der Waals surface area contributed by atoms with Gasteiger partial charge < -0.3 is 4.74 Å². The lowest BCUT2D eigenvalue weighted by atomic mass is 9.47. The molecule has 1 aliphatic heterocycles. The molecule has 4 unspecified atom stereocenters. The third-order valence-corrected chi connectivity index (χ3v) is 9.64. The van der Waals surface area contributed by atoms with E-state index in [4.69, 9.17) is 4.74 Å².